The Hall–Kier alpha value is -1.60. The van der Waals surface area contributed by atoms with E-state index in [-0.39, 0.29) is 0 Å². The molecule has 94 valence electrons. The van der Waals surface area contributed by atoms with E-state index in [0.29, 0.717) is 12.5 Å². The molecule has 0 aliphatic heterocycles. The summed E-state index contributed by atoms with van der Waals surface area (Å²) < 4.78 is 0. The zero-order valence-corrected chi connectivity index (χ0v) is 11.4. The summed E-state index contributed by atoms with van der Waals surface area (Å²) in [6.07, 6.45) is 0. The fraction of sp³-hybridized carbons (Fsp3) is 0.294. The lowest BCUT2D eigenvalue weighted by molar-refractivity contribution is 0.867. The maximum absolute atomic E-state index is 5.84. The molecule has 0 bridgehead atoms. The molecule has 2 rings (SSSR count). The summed E-state index contributed by atoms with van der Waals surface area (Å²) in [5.41, 5.74) is 12.2. The van der Waals surface area contributed by atoms with E-state index >= 15 is 0 Å². The number of aryl methyl sites for hydroxylation is 1. The molecule has 0 atom stereocenters. The number of rotatable bonds is 3. The molecule has 2 aromatic carbocycles. The van der Waals surface area contributed by atoms with Crippen molar-refractivity contribution in [1.29, 1.82) is 0 Å². The lowest BCUT2D eigenvalue weighted by Crippen LogP contribution is -1.99. The van der Waals surface area contributed by atoms with Gasteiger partial charge in [0.25, 0.3) is 0 Å². The molecular weight excluding hydrogens is 218 g/mol. The summed E-state index contributed by atoms with van der Waals surface area (Å²) in [4.78, 5) is 0. The second-order valence-electron chi connectivity index (χ2n) is 5.14. The van der Waals surface area contributed by atoms with E-state index in [0.717, 1.165) is 0 Å². The highest BCUT2D eigenvalue weighted by Gasteiger charge is 2.06. The predicted octanol–water partition coefficient (Wildman–Crippen LogP) is 4.24. The van der Waals surface area contributed by atoms with E-state index in [4.69, 9.17) is 5.73 Å². The molecule has 0 aliphatic rings. The summed E-state index contributed by atoms with van der Waals surface area (Å²) >= 11 is 0. The third-order valence-electron chi connectivity index (χ3n) is 3.35. The van der Waals surface area contributed by atoms with Gasteiger partial charge in [0.15, 0.2) is 0 Å². The minimum atomic E-state index is 0.552. The van der Waals surface area contributed by atoms with Crippen LogP contribution in [0.2, 0.25) is 0 Å². The van der Waals surface area contributed by atoms with Crippen molar-refractivity contribution in [2.24, 2.45) is 5.73 Å². The monoisotopic (exact) mass is 239 g/mol. The van der Waals surface area contributed by atoms with Crippen LogP contribution in [0.1, 0.15) is 36.5 Å². The van der Waals surface area contributed by atoms with Crippen molar-refractivity contribution in [3.8, 4) is 11.1 Å². The van der Waals surface area contributed by atoms with Crippen LogP contribution < -0.4 is 5.73 Å². The first-order valence-corrected chi connectivity index (χ1v) is 6.51. The Kier molecular flexibility index (Phi) is 3.83. The van der Waals surface area contributed by atoms with Gasteiger partial charge in [-0.3, -0.25) is 0 Å². The minimum Gasteiger partial charge on any atom is -0.326 e. The molecule has 0 saturated carbocycles. The van der Waals surface area contributed by atoms with Gasteiger partial charge in [0.2, 0.25) is 0 Å². The summed E-state index contributed by atoms with van der Waals surface area (Å²) in [7, 11) is 0. The first-order chi connectivity index (χ1) is 8.61. The van der Waals surface area contributed by atoms with Crippen LogP contribution in [0.4, 0.5) is 0 Å². The van der Waals surface area contributed by atoms with E-state index in [1.165, 1.54) is 27.8 Å². The zero-order chi connectivity index (χ0) is 13.1. The van der Waals surface area contributed by atoms with E-state index in [1.54, 1.807) is 0 Å². The Morgan fingerprint density at radius 1 is 1.06 bits per heavy atom. The third-order valence-corrected chi connectivity index (χ3v) is 3.35. The Labute approximate surface area is 110 Å². The largest absolute Gasteiger partial charge is 0.326 e. The van der Waals surface area contributed by atoms with E-state index in [2.05, 4.69) is 63.2 Å². The second kappa shape index (κ2) is 5.36. The van der Waals surface area contributed by atoms with Crippen molar-refractivity contribution in [3.05, 3.63) is 59.2 Å². The van der Waals surface area contributed by atoms with E-state index < -0.39 is 0 Å². The van der Waals surface area contributed by atoms with Gasteiger partial charge in [0.05, 0.1) is 0 Å². The molecule has 0 amide bonds. The Morgan fingerprint density at radius 3 is 2.50 bits per heavy atom. The zero-order valence-electron chi connectivity index (χ0n) is 11.4. The molecule has 2 aromatic rings. The highest BCUT2D eigenvalue weighted by Crippen LogP contribution is 2.27. The van der Waals surface area contributed by atoms with Gasteiger partial charge in [-0.05, 0) is 35.1 Å². The van der Waals surface area contributed by atoms with Gasteiger partial charge in [-0.25, -0.2) is 0 Å². The SMILES string of the molecule is Cc1ccc(CN)c(-c2cccc(C(C)C)c2)c1. The molecule has 18 heavy (non-hydrogen) atoms. The average Bonchev–Trinajstić information content (AvgIpc) is 2.39. The molecule has 0 fully saturated rings. The van der Waals surface area contributed by atoms with Gasteiger partial charge in [-0.15, -0.1) is 0 Å². The summed E-state index contributed by atoms with van der Waals surface area (Å²) in [6, 6.07) is 15.2. The van der Waals surface area contributed by atoms with Crippen molar-refractivity contribution in [2.45, 2.75) is 33.2 Å². The molecule has 1 heteroatoms. The van der Waals surface area contributed by atoms with Gasteiger partial charge in [-0.2, -0.15) is 0 Å². The number of benzene rings is 2. The first-order valence-electron chi connectivity index (χ1n) is 6.51. The quantitative estimate of drug-likeness (QED) is 0.851. The van der Waals surface area contributed by atoms with Crippen LogP contribution in [-0.4, -0.2) is 0 Å². The molecule has 2 N–H and O–H groups in total. The molecule has 0 heterocycles. The normalized spacial score (nSPS) is 10.9. The smallest absolute Gasteiger partial charge is 0.0184 e. The van der Waals surface area contributed by atoms with Crippen LogP contribution >= 0.6 is 0 Å². The number of hydrogen-bond acceptors (Lipinski definition) is 1. The van der Waals surface area contributed by atoms with Crippen molar-refractivity contribution < 1.29 is 0 Å². The molecule has 1 nitrogen and oxygen atoms in total. The molecule has 0 aliphatic carbocycles. The highest BCUT2D eigenvalue weighted by atomic mass is 14.5. The number of nitrogens with two attached hydrogens (primary N) is 1. The highest BCUT2D eigenvalue weighted by molar-refractivity contribution is 5.69. The van der Waals surface area contributed by atoms with Crippen LogP contribution in [0.5, 0.6) is 0 Å². The number of hydrogen-bond donors (Lipinski definition) is 1. The van der Waals surface area contributed by atoms with Crippen LogP contribution in [0.15, 0.2) is 42.5 Å². The average molecular weight is 239 g/mol. The molecule has 0 unspecified atom stereocenters. The van der Waals surface area contributed by atoms with Crippen LogP contribution in [0.3, 0.4) is 0 Å². The van der Waals surface area contributed by atoms with Gasteiger partial charge in [0, 0.05) is 6.54 Å². The maximum Gasteiger partial charge on any atom is 0.0184 e. The van der Waals surface area contributed by atoms with Gasteiger partial charge < -0.3 is 5.73 Å². The van der Waals surface area contributed by atoms with Gasteiger partial charge >= 0.3 is 0 Å². The van der Waals surface area contributed by atoms with Crippen molar-refractivity contribution in [3.63, 3.8) is 0 Å². The van der Waals surface area contributed by atoms with Crippen LogP contribution in [-0.2, 0) is 6.54 Å². The summed E-state index contributed by atoms with van der Waals surface area (Å²) in [5, 5.41) is 0. The molecule has 0 aromatic heterocycles. The molecular formula is C17H21N. The minimum absolute atomic E-state index is 0.552. The standard InChI is InChI=1S/C17H21N/c1-12(2)14-5-4-6-15(10-14)17-9-13(3)7-8-16(17)11-18/h4-10,12H,11,18H2,1-3H3. The Balaban J connectivity index is 2.54. The topological polar surface area (TPSA) is 26.0 Å². The fourth-order valence-corrected chi connectivity index (χ4v) is 2.20. The van der Waals surface area contributed by atoms with Crippen molar-refractivity contribution >= 4 is 0 Å². The predicted molar refractivity (Wildman–Crippen MR) is 78.6 cm³/mol. The Morgan fingerprint density at radius 2 is 1.83 bits per heavy atom. The maximum atomic E-state index is 5.84. The van der Waals surface area contributed by atoms with Crippen molar-refractivity contribution in [1.82, 2.24) is 0 Å². The molecule has 0 saturated heterocycles. The second-order valence-corrected chi connectivity index (χ2v) is 5.14. The summed E-state index contributed by atoms with van der Waals surface area (Å²) in [6.45, 7) is 7.15. The third kappa shape index (κ3) is 2.62. The first kappa shape index (κ1) is 12.8. The molecule has 0 spiro atoms. The lowest BCUT2D eigenvalue weighted by Gasteiger charge is -2.12. The fourth-order valence-electron chi connectivity index (χ4n) is 2.20. The van der Waals surface area contributed by atoms with Gasteiger partial charge in [-0.1, -0.05) is 61.9 Å². The van der Waals surface area contributed by atoms with Crippen LogP contribution in [0.25, 0.3) is 11.1 Å². The van der Waals surface area contributed by atoms with E-state index in [1.807, 2.05) is 0 Å². The van der Waals surface area contributed by atoms with Gasteiger partial charge in [0.1, 0.15) is 0 Å². The molecule has 0 radical (unpaired) electrons. The lowest BCUT2D eigenvalue weighted by atomic mass is 9.94. The van der Waals surface area contributed by atoms with Crippen LogP contribution in [0, 0.1) is 6.92 Å². The van der Waals surface area contributed by atoms with E-state index in [9.17, 15) is 0 Å². The Bertz CT molecular complexity index is 541. The van der Waals surface area contributed by atoms with Crippen molar-refractivity contribution in [2.75, 3.05) is 0 Å². The summed E-state index contributed by atoms with van der Waals surface area (Å²) in [5.74, 6) is 0.552.